The monoisotopic (exact) mass is 676 g/mol. The fraction of sp³-hybridized carbons (Fsp3) is 0.0612. The summed E-state index contributed by atoms with van der Waals surface area (Å²) in [6, 6.07) is 52.5. The van der Waals surface area contributed by atoms with E-state index in [1.165, 1.54) is 22.3 Å². The smallest absolute Gasteiger partial charge is 0.0972 e. The first kappa shape index (κ1) is 29.9. The first-order valence-electron chi connectivity index (χ1n) is 18.2. The highest BCUT2D eigenvalue weighted by molar-refractivity contribution is 6.04. The van der Waals surface area contributed by atoms with E-state index in [1.807, 2.05) is 24.5 Å². The van der Waals surface area contributed by atoms with Gasteiger partial charge < -0.3 is 0 Å². The fourth-order valence-electron chi connectivity index (χ4n) is 9.10. The molecule has 3 atom stereocenters. The third-order valence-electron chi connectivity index (χ3n) is 11.5. The van der Waals surface area contributed by atoms with Gasteiger partial charge in [0.1, 0.15) is 0 Å². The molecule has 248 valence electrons. The quantitative estimate of drug-likeness (QED) is 0.174. The summed E-state index contributed by atoms with van der Waals surface area (Å²) in [7, 11) is 0. The number of hydrogen-bond acceptors (Lipinski definition) is 4. The molecular formula is C49H32N4. The van der Waals surface area contributed by atoms with Crippen LogP contribution < -0.4 is 0 Å². The Balaban J connectivity index is 1.09. The predicted molar refractivity (Wildman–Crippen MR) is 216 cm³/mol. The van der Waals surface area contributed by atoms with Crippen LogP contribution in [-0.4, -0.2) is 19.9 Å². The van der Waals surface area contributed by atoms with Gasteiger partial charge in [0.2, 0.25) is 0 Å². The molecule has 9 aromatic rings. The normalized spacial score (nSPS) is 18.9. The topological polar surface area (TPSA) is 51.6 Å². The molecule has 0 amide bonds. The minimum Gasteiger partial charge on any atom is -0.254 e. The number of nitrogens with zero attached hydrogens (tertiary/aromatic N) is 4. The molecule has 4 heteroatoms. The van der Waals surface area contributed by atoms with Crippen molar-refractivity contribution in [2.24, 2.45) is 5.92 Å². The zero-order chi connectivity index (χ0) is 34.9. The van der Waals surface area contributed by atoms with Crippen LogP contribution in [-0.2, 0) is 5.41 Å². The van der Waals surface area contributed by atoms with Crippen LogP contribution in [0.1, 0.15) is 28.2 Å². The molecule has 0 N–H and O–H groups in total. The lowest BCUT2D eigenvalue weighted by atomic mass is 9.63. The average Bonchev–Trinajstić information content (AvgIpc) is 3.54. The van der Waals surface area contributed by atoms with E-state index in [9.17, 15) is 0 Å². The molecule has 11 rings (SSSR count). The summed E-state index contributed by atoms with van der Waals surface area (Å²) in [5.41, 5.74) is 12.6. The minimum atomic E-state index is -0.431. The zero-order valence-corrected chi connectivity index (χ0v) is 28.8. The van der Waals surface area contributed by atoms with Crippen LogP contribution in [0, 0.1) is 5.92 Å². The summed E-state index contributed by atoms with van der Waals surface area (Å²) >= 11 is 0. The number of rotatable bonds is 4. The Morgan fingerprint density at radius 2 is 1.04 bits per heavy atom. The number of aromatic nitrogens is 4. The van der Waals surface area contributed by atoms with E-state index in [0.29, 0.717) is 0 Å². The lowest BCUT2D eigenvalue weighted by molar-refractivity contribution is 0.457. The van der Waals surface area contributed by atoms with Gasteiger partial charge in [-0.05, 0) is 52.6 Å². The Bertz CT molecular complexity index is 2980. The minimum absolute atomic E-state index is 0.194. The van der Waals surface area contributed by atoms with E-state index in [-0.39, 0.29) is 11.8 Å². The molecule has 2 aliphatic rings. The van der Waals surface area contributed by atoms with Crippen LogP contribution in [0.25, 0.3) is 66.1 Å². The van der Waals surface area contributed by atoms with Gasteiger partial charge >= 0.3 is 0 Å². The Morgan fingerprint density at radius 1 is 0.434 bits per heavy atom. The van der Waals surface area contributed by atoms with E-state index in [4.69, 9.17) is 15.0 Å². The number of fused-ring (bicyclic) bond motifs is 9. The highest BCUT2D eigenvalue weighted by Gasteiger charge is 2.52. The third kappa shape index (κ3) is 4.49. The van der Waals surface area contributed by atoms with E-state index < -0.39 is 5.41 Å². The van der Waals surface area contributed by atoms with Crippen LogP contribution in [0.3, 0.4) is 0 Å². The van der Waals surface area contributed by atoms with Gasteiger partial charge in [-0.2, -0.15) is 0 Å². The van der Waals surface area contributed by atoms with E-state index in [0.717, 1.165) is 66.1 Å². The number of benzene rings is 5. The van der Waals surface area contributed by atoms with Gasteiger partial charge in [-0.3, -0.25) is 9.97 Å². The molecule has 0 spiro atoms. The Hall–Kier alpha value is -6.78. The highest BCUT2D eigenvalue weighted by Crippen LogP contribution is 2.59. The summed E-state index contributed by atoms with van der Waals surface area (Å²) in [6.45, 7) is 0. The van der Waals surface area contributed by atoms with Crippen molar-refractivity contribution in [1.82, 2.24) is 19.9 Å². The molecule has 0 radical (unpaired) electrons. The molecule has 3 unspecified atom stereocenters. The Labute approximate surface area is 306 Å². The first-order chi connectivity index (χ1) is 26.3. The first-order valence-corrected chi connectivity index (χ1v) is 18.2. The molecule has 4 heterocycles. The molecule has 4 aromatic heterocycles. The summed E-state index contributed by atoms with van der Waals surface area (Å²) in [4.78, 5) is 19.8. The Morgan fingerprint density at radius 3 is 1.74 bits per heavy atom. The summed E-state index contributed by atoms with van der Waals surface area (Å²) < 4.78 is 0. The molecule has 2 aliphatic carbocycles. The van der Waals surface area contributed by atoms with Crippen molar-refractivity contribution in [3.05, 3.63) is 205 Å². The highest BCUT2D eigenvalue weighted by atomic mass is 14.8. The molecule has 0 fully saturated rings. The van der Waals surface area contributed by atoms with Crippen molar-refractivity contribution in [2.75, 3.05) is 0 Å². The van der Waals surface area contributed by atoms with E-state index in [2.05, 4.69) is 163 Å². The van der Waals surface area contributed by atoms with Crippen molar-refractivity contribution in [3.63, 3.8) is 0 Å². The van der Waals surface area contributed by atoms with Crippen molar-refractivity contribution in [3.8, 4) is 22.5 Å². The fourth-order valence-corrected chi connectivity index (χ4v) is 9.10. The van der Waals surface area contributed by atoms with Crippen molar-refractivity contribution >= 4 is 43.6 Å². The molecule has 53 heavy (non-hydrogen) atoms. The second-order valence-electron chi connectivity index (χ2n) is 14.2. The largest absolute Gasteiger partial charge is 0.254 e. The van der Waals surface area contributed by atoms with Crippen LogP contribution in [0.15, 0.2) is 182 Å². The molecule has 0 bridgehead atoms. The van der Waals surface area contributed by atoms with Gasteiger partial charge in [0.15, 0.2) is 0 Å². The number of allylic oxidation sites excluding steroid dienone is 4. The lowest BCUT2D eigenvalue weighted by Gasteiger charge is -2.39. The maximum absolute atomic E-state index is 5.25. The van der Waals surface area contributed by atoms with Crippen LogP contribution in [0.5, 0.6) is 0 Å². The summed E-state index contributed by atoms with van der Waals surface area (Å²) in [6.07, 6.45) is 12.9. The average molecular weight is 677 g/mol. The van der Waals surface area contributed by atoms with E-state index in [1.54, 1.807) is 0 Å². The molecule has 4 nitrogen and oxygen atoms in total. The van der Waals surface area contributed by atoms with E-state index >= 15 is 0 Å². The summed E-state index contributed by atoms with van der Waals surface area (Å²) in [5, 5.41) is 4.36. The Kier molecular flexibility index (Phi) is 6.56. The zero-order valence-electron chi connectivity index (χ0n) is 28.8. The second kappa shape index (κ2) is 11.6. The number of pyridine rings is 4. The molecular weight excluding hydrogens is 645 g/mol. The predicted octanol–water partition coefficient (Wildman–Crippen LogP) is 11.4. The molecule has 0 saturated carbocycles. The summed E-state index contributed by atoms with van der Waals surface area (Å²) in [5.74, 6) is 0.457. The van der Waals surface area contributed by atoms with Crippen LogP contribution in [0.4, 0.5) is 0 Å². The van der Waals surface area contributed by atoms with Crippen LogP contribution in [0.2, 0.25) is 0 Å². The maximum Gasteiger partial charge on any atom is 0.0972 e. The van der Waals surface area contributed by atoms with Gasteiger partial charge in [-0.1, -0.05) is 140 Å². The van der Waals surface area contributed by atoms with Crippen molar-refractivity contribution in [2.45, 2.75) is 11.3 Å². The SMILES string of the molecule is C1=CC2c3ccccc3C(c3ccc(-c4ccc5ccc6cccnc6c5n4)cc3)(c3cccc(-c4ccc5ccc6cccnc6c5n4)c3)C2C=C1. The van der Waals surface area contributed by atoms with Gasteiger partial charge in [0.25, 0.3) is 0 Å². The number of hydrogen-bond donors (Lipinski definition) is 0. The van der Waals surface area contributed by atoms with Gasteiger partial charge in [-0.15, -0.1) is 0 Å². The van der Waals surface area contributed by atoms with Gasteiger partial charge in [-0.25, -0.2) is 9.97 Å². The van der Waals surface area contributed by atoms with Crippen molar-refractivity contribution < 1.29 is 0 Å². The van der Waals surface area contributed by atoms with Crippen molar-refractivity contribution in [1.29, 1.82) is 0 Å². The maximum atomic E-state index is 5.25. The second-order valence-corrected chi connectivity index (χ2v) is 14.2. The van der Waals surface area contributed by atoms with Gasteiger partial charge in [0.05, 0.1) is 38.9 Å². The third-order valence-corrected chi connectivity index (χ3v) is 11.5. The lowest BCUT2D eigenvalue weighted by Crippen LogP contribution is -2.35. The molecule has 5 aromatic carbocycles. The standard InChI is InChI=1S/C49H32N4/c1-3-14-41-39(12-1)40-13-2-4-15-42(40)49(41,37-24-20-31(21-25-37)43-26-22-34-18-16-32-9-6-28-50-45(32)47(34)52-43)38-11-5-8-36(30-38)44-27-23-35-19-17-33-10-7-29-51-46(33)48(35)53-44/h1-30,39,41H. The molecule has 0 aliphatic heterocycles. The van der Waals surface area contributed by atoms with Crippen LogP contribution >= 0.6 is 0 Å². The molecule has 0 saturated heterocycles. The van der Waals surface area contributed by atoms with Gasteiger partial charge in [0, 0.05) is 56.9 Å².